The summed E-state index contributed by atoms with van der Waals surface area (Å²) in [5.74, 6) is -0.478. The van der Waals surface area contributed by atoms with E-state index in [1.807, 2.05) is 0 Å². The van der Waals surface area contributed by atoms with E-state index < -0.39 is 11.1 Å². The van der Waals surface area contributed by atoms with Gasteiger partial charge in [-0.1, -0.05) is 0 Å². The molecule has 2 heterocycles. The fourth-order valence-electron chi connectivity index (χ4n) is 2.52. The minimum atomic E-state index is -0.591. The van der Waals surface area contributed by atoms with Crippen LogP contribution in [-0.4, -0.2) is 34.7 Å². The number of H-pyrrole nitrogens is 1. The van der Waals surface area contributed by atoms with Crippen molar-refractivity contribution in [2.24, 2.45) is 0 Å². The largest absolute Gasteiger partial charge is 0.446 e. The lowest BCUT2D eigenvalue weighted by Crippen LogP contribution is -2.33. The number of nitrogens with zero attached hydrogens (tertiary/aromatic N) is 3. The number of rotatable bonds is 2. The summed E-state index contributed by atoms with van der Waals surface area (Å²) >= 11 is 0. The summed E-state index contributed by atoms with van der Waals surface area (Å²) < 4.78 is 6.77. The number of anilines is 2. The van der Waals surface area contributed by atoms with Crippen LogP contribution in [0.25, 0.3) is 4.85 Å². The Kier molecular flexibility index (Phi) is 3.81. The second-order valence-electron chi connectivity index (χ2n) is 5.60. The predicted octanol–water partition coefficient (Wildman–Crippen LogP) is 1.66. The summed E-state index contributed by atoms with van der Waals surface area (Å²) in [4.78, 5) is 41.7. The molecular formula is C16H15N5O4. The molecule has 0 saturated heterocycles. The lowest BCUT2D eigenvalue weighted by Gasteiger charge is -2.24. The molecule has 25 heavy (non-hydrogen) atoms. The fraction of sp³-hybridized carbons (Fsp3) is 0.250. The van der Waals surface area contributed by atoms with Crippen molar-refractivity contribution in [1.82, 2.24) is 14.7 Å². The number of carbonyl (C=O) groups excluding carboxylic acids is 1. The number of aromatic nitrogens is 2. The molecule has 3 rings (SSSR count). The normalized spacial score (nSPS) is 11.4. The number of ether oxygens (including phenoxy) is 1. The van der Waals surface area contributed by atoms with Crippen LogP contribution >= 0.6 is 0 Å². The number of fused-ring (bicyclic) bond motifs is 2. The maximum Gasteiger partial charge on any atom is 0.308 e. The average molecular weight is 341 g/mol. The molecule has 2 N–H and O–H groups in total. The Hall–Kier alpha value is -3.54. The van der Waals surface area contributed by atoms with Gasteiger partial charge in [0.25, 0.3) is 11.5 Å². The maximum atomic E-state index is 12.4. The van der Waals surface area contributed by atoms with E-state index in [1.165, 1.54) is 17.0 Å². The van der Waals surface area contributed by atoms with Gasteiger partial charge in [0.05, 0.1) is 17.8 Å². The third-order valence-electron chi connectivity index (χ3n) is 3.75. The van der Waals surface area contributed by atoms with Crippen LogP contribution in [0.2, 0.25) is 0 Å². The Balaban J connectivity index is 2.26. The van der Waals surface area contributed by atoms with Gasteiger partial charge in [-0.05, 0) is 19.1 Å². The number of benzene rings is 1. The Morgan fingerprint density at radius 1 is 1.32 bits per heavy atom. The van der Waals surface area contributed by atoms with E-state index in [0.29, 0.717) is 0 Å². The van der Waals surface area contributed by atoms with Crippen molar-refractivity contribution in [3.05, 3.63) is 49.8 Å². The van der Waals surface area contributed by atoms with E-state index in [4.69, 9.17) is 11.3 Å². The van der Waals surface area contributed by atoms with Crippen molar-refractivity contribution in [1.29, 1.82) is 0 Å². The maximum absolute atomic E-state index is 12.4. The first-order chi connectivity index (χ1) is 11.9. The molecule has 1 amide bonds. The van der Waals surface area contributed by atoms with Crippen molar-refractivity contribution in [2.75, 3.05) is 19.4 Å². The number of amides is 1. The molecule has 1 aromatic heterocycles. The van der Waals surface area contributed by atoms with Crippen LogP contribution in [0.3, 0.4) is 0 Å². The van der Waals surface area contributed by atoms with Gasteiger partial charge < -0.3 is 15.0 Å². The van der Waals surface area contributed by atoms with Gasteiger partial charge in [0, 0.05) is 20.6 Å². The van der Waals surface area contributed by atoms with Crippen LogP contribution in [0.5, 0.6) is 11.5 Å². The minimum Gasteiger partial charge on any atom is -0.446 e. The number of aryl methyl sites for hydroxylation is 1. The van der Waals surface area contributed by atoms with E-state index in [-0.39, 0.29) is 46.6 Å². The van der Waals surface area contributed by atoms with E-state index in [1.54, 1.807) is 21.0 Å². The number of aromatic amines is 1. The molecule has 0 atom stereocenters. The lowest BCUT2D eigenvalue weighted by molar-refractivity contribution is 0.0825. The molecule has 9 heteroatoms. The Bertz CT molecular complexity index is 1040. The fourth-order valence-corrected chi connectivity index (χ4v) is 2.52. The van der Waals surface area contributed by atoms with E-state index in [2.05, 4.69) is 15.3 Å². The zero-order valence-corrected chi connectivity index (χ0v) is 13.8. The highest BCUT2D eigenvalue weighted by Gasteiger charge is 2.29. The van der Waals surface area contributed by atoms with E-state index in [0.717, 1.165) is 4.68 Å². The number of hydrogen-bond donors (Lipinski definition) is 2. The Morgan fingerprint density at radius 2 is 2.04 bits per heavy atom. The molecule has 128 valence electrons. The van der Waals surface area contributed by atoms with Gasteiger partial charge in [-0.25, -0.2) is 9.53 Å². The molecule has 9 nitrogen and oxygen atoms in total. The zero-order chi connectivity index (χ0) is 18.3. The Labute approximate surface area is 142 Å². The molecule has 1 aliphatic rings. The molecule has 0 saturated carbocycles. The number of nitrogens with one attached hydrogen (secondary N) is 2. The van der Waals surface area contributed by atoms with Crippen LogP contribution < -0.4 is 21.2 Å². The summed E-state index contributed by atoms with van der Waals surface area (Å²) in [7, 11) is 3.13. The molecule has 0 radical (unpaired) electrons. The van der Waals surface area contributed by atoms with Crippen molar-refractivity contribution in [3.8, 4) is 11.5 Å². The average Bonchev–Trinajstić information content (AvgIpc) is 2.61. The zero-order valence-electron chi connectivity index (χ0n) is 13.8. The molecule has 1 aliphatic heterocycles. The number of hydrogen-bond acceptors (Lipinski definition) is 5. The summed E-state index contributed by atoms with van der Waals surface area (Å²) in [6.07, 6.45) is 0. The van der Waals surface area contributed by atoms with E-state index >= 15 is 0 Å². The van der Waals surface area contributed by atoms with Crippen LogP contribution in [0, 0.1) is 6.57 Å². The molecule has 0 aliphatic carbocycles. The SMILES string of the molecule is [C-]#[N+]c1cc2c(c(C(=O)N(C)C)c1)Oc1c(c(=O)n(CC)[nH]c1=O)N2. The molecule has 0 bridgehead atoms. The summed E-state index contributed by atoms with van der Waals surface area (Å²) in [5, 5.41) is 5.26. The first-order valence-corrected chi connectivity index (χ1v) is 7.46. The van der Waals surface area contributed by atoms with Crippen molar-refractivity contribution in [2.45, 2.75) is 13.5 Å². The Morgan fingerprint density at radius 3 is 2.64 bits per heavy atom. The van der Waals surface area contributed by atoms with E-state index in [9.17, 15) is 14.4 Å². The summed E-state index contributed by atoms with van der Waals surface area (Å²) in [5.41, 5.74) is -0.446. The van der Waals surface area contributed by atoms with Crippen LogP contribution in [-0.2, 0) is 6.54 Å². The second kappa shape index (κ2) is 5.83. The molecule has 1 aromatic carbocycles. The van der Waals surface area contributed by atoms with Crippen LogP contribution in [0.4, 0.5) is 17.1 Å². The van der Waals surface area contributed by atoms with Gasteiger partial charge in [0.15, 0.2) is 17.1 Å². The summed E-state index contributed by atoms with van der Waals surface area (Å²) in [6.45, 7) is 9.20. The smallest absolute Gasteiger partial charge is 0.308 e. The predicted molar refractivity (Wildman–Crippen MR) is 91.1 cm³/mol. The standard InChI is InChI=1S/C16H15N5O4/c1-5-21-16(24)11-13(14(22)19-21)25-12-9(15(23)20(3)4)6-8(17-2)7-10(12)18-11/h6-7,18H,5H2,1,3-4H3,(H,19,22). The highest BCUT2D eigenvalue weighted by atomic mass is 16.5. The first kappa shape index (κ1) is 16.3. The third kappa shape index (κ3) is 2.53. The van der Waals surface area contributed by atoms with Crippen molar-refractivity contribution in [3.63, 3.8) is 0 Å². The molecular weight excluding hydrogens is 326 g/mol. The molecule has 0 unspecified atom stereocenters. The quantitative estimate of drug-likeness (QED) is 0.690. The molecule has 0 fully saturated rings. The highest BCUT2D eigenvalue weighted by molar-refractivity contribution is 6.01. The summed E-state index contributed by atoms with van der Waals surface area (Å²) in [6, 6.07) is 2.86. The van der Waals surface area contributed by atoms with Gasteiger partial charge >= 0.3 is 5.56 Å². The van der Waals surface area contributed by atoms with Gasteiger partial charge in [-0.3, -0.25) is 19.5 Å². The van der Waals surface area contributed by atoms with Gasteiger partial charge in [-0.2, -0.15) is 0 Å². The van der Waals surface area contributed by atoms with Gasteiger partial charge in [0.2, 0.25) is 5.75 Å². The van der Waals surface area contributed by atoms with Gasteiger partial charge in [0.1, 0.15) is 0 Å². The molecule has 2 aromatic rings. The van der Waals surface area contributed by atoms with Gasteiger partial charge in [-0.15, -0.1) is 0 Å². The van der Waals surface area contributed by atoms with Crippen LogP contribution in [0.1, 0.15) is 17.3 Å². The lowest BCUT2D eigenvalue weighted by atomic mass is 10.1. The van der Waals surface area contributed by atoms with Crippen molar-refractivity contribution < 1.29 is 9.53 Å². The minimum absolute atomic E-state index is 0.0246. The van der Waals surface area contributed by atoms with Crippen LogP contribution in [0.15, 0.2) is 21.7 Å². The monoisotopic (exact) mass is 341 g/mol. The molecule has 0 spiro atoms. The number of carbonyl (C=O) groups is 1. The van der Waals surface area contributed by atoms with Crippen molar-refractivity contribution >= 4 is 23.0 Å². The first-order valence-electron chi connectivity index (χ1n) is 7.46. The highest BCUT2D eigenvalue weighted by Crippen LogP contribution is 2.43. The second-order valence-corrected chi connectivity index (χ2v) is 5.60. The topological polar surface area (TPSA) is 101 Å². The third-order valence-corrected chi connectivity index (χ3v) is 3.75.